The summed E-state index contributed by atoms with van der Waals surface area (Å²) in [6, 6.07) is 1.21. The molecule has 1 amide bonds. The van der Waals surface area contributed by atoms with Gasteiger partial charge in [-0.25, -0.2) is 9.37 Å². The quantitative estimate of drug-likeness (QED) is 0.780. The molecule has 0 saturated heterocycles. The van der Waals surface area contributed by atoms with Gasteiger partial charge in [0.15, 0.2) is 11.5 Å². The van der Waals surface area contributed by atoms with Crippen LogP contribution < -0.4 is 4.74 Å². The average Bonchev–Trinajstić information content (AvgIpc) is 3.01. The van der Waals surface area contributed by atoms with E-state index in [0.717, 1.165) is 12.8 Å². The van der Waals surface area contributed by atoms with E-state index in [1.807, 2.05) is 0 Å². The molecule has 4 nitrogen and oxygen atoms in total. The third-order valence-electron chi connectivity index (χ3n) is 2.25. The summed E-state index contributed by atoms with van der Waals surface area (Å²) in [7, 11) is 3.11. The predicted octanol–water partition coefficient (Wildman–Crippen LogP) is 1.46. The van der Waals surface area contributed by atoms with Crippen LogP contribution in [-0.2, 0) is 0 Å². The molecule has 0 spiro atoms. The topological polar surface area (TPSA) is 42.4 Å². The minimum atomic E-state index is -0.642. The summed E-state index contributed by atoms with van der Waals surface area (Å²) < 4.78 is 18.9. The van der Waals surface area contributed by atoms with Crippen molar-refractivity contribution in [2.75, 3.05) is 14.1 Å². The van der Waals surface area contributed by atoms with Gasteiger partial charge in [0.1, 0.15) is 5.75 Å². The number of aromatic nitrogens is 1. The predicted molar refractivity (Wildman–Crippen MR) is 55.9 cm³/mol. The van der Waals surface area contributed by atoms with Crippen molar-refractivity contribution in [1.29, 1.82) is 0 Å². The molecule has 0 aliphatic heterocycles. The first kappa shape index (κ1) is 10.9. The van der Waals surface area contributed by atoms with E-state index in [1.165, 1.54) is 17.2 Å². The summed E-state index contributed by atoms with van der Waals surface area (Å²) in [6.07, 6.45) is 3.58. The van der Waals surface area contributed by atoms with Gasteiger partial charge in [0.25, 0.3) is 5.91 Å². The first-order valence-electron chi connectivity index (χ1n) is 5.12. The molecule has 5 heteroatoms. The van der Waals surface area contributed by atoms with Crippen molar-refractivity contribution in [2.45, 2.75) is 18.9 Å². The zero-order chi connectivity index (χ0) is 11.7. The lowest BCUT2D eigenvalue weighted by Crippen LogP contribution is -2.24. The molecular weight excluding hydrogens is 211 g/mol. The van der Waals surface area contributed by atoms with Crippen LogP contribution in [0.25, 0.3) is 0 Å². The molecule has 1 saturated carbocycles. The minimum absolute atomic E-state index is 0.173. The zero-order valence-corrected chi connectivity index (χ0v) is 9.24. The van der Waals surface area contributed by atoms with Crippen molar-refractivity contribution < 1.29 is 13.9 Å². The van der Waals surface area contributed by atoms with Gasteiger partial charge in [-0.2, -0.15) is 0 Å². The molecule has 1 aromatic heterocycles. The van der Waals surface area contributed by atoms with Gasteiger partial charge in [0.05, 0.1) is 12.3 Å². The summed E-state index contributed by atoms with van der Waals surface area (Å²) in [5, 5.41) is 0. The van der Waals surface area contributed by atoms with Crippen molar-refractivity contribution in [3.8, 4) is 5.75 Å². The minimum Gasteiger partial charge on any atom is -0.489 e. The van der Waals surface area contributed by atoms with E-state index in [0.29, 0.717) is 5.75 Å². The molecule has 0 bridgehead atoms. The smallest absolute Gasteiger partial charge is 0.274 e. The van der Waals surface area contributed by atoms with Gasteiger partial charge in [-0.3, -0.25) is 4.79 Å². The molecule has 1 aliphatic carbocycles. The van der Waals surface area contributed by atoms with Crippen molar-refractivity contribution >= 4 is 5.91 Å². The lowest BCUT2D eigenvalue weighted by molar-refractivity contribution is 0.0816. The van der Waals surface area contributed by atoms with Crippen molar-refractivity contribution in [2.24, 2.45) is 0 Å². The van der Waals surface area contributed by atoms with Crippen molar-refractivity contribution in [3.63, 3.8) is 0 Å². The SMILES string of the molecule is CN(C)C(=O)c1ncc(OC2CC2)cc1F. The van der Waals surface area contributed by atoms with Gasteiger partial charge < -0.3 is 9.64 Å². The summed E-state index contributed by atoms with van der Waals surface area (Å²) >= 11 is 0. The summed E-state index contributed by atoms with van der Waals surface area (Å²) in [6.45, 7) is 0. The summed E-state index contributed by atoms with van der Waals surface area (Å²) in [4.78, 5) is 16.6. The zero-order valence-electron chi connectivity index (χ0n) is 9.24. The van der Waals surface area contributed by atoms with E-state index in [1.54, 1.807) is 14.1 Å². The Morgan fingerprint density at radius 2 is 2.25 bits per heavy atom. The summed E-state index contributed by atoms with van der Waals surface area (Å²) in [5.41, 5.74) is -0.173. The lowest BCUT2D eigenvalue weighted by Gasteiger charge is -2.11. The third kappa shape index (κ3) is 2.29. The largest absolute Gasteiger partial charge is 0.489 e. The molecule has 0 atom stereocenters. The maximum absolute atomic E-state index is 13.5. The van der Waals surface area contributed by atoms with Gasteiger partial charge in [0, 0.05) is 20.2 Å². The van der Waals surface area contributed by atoms with Gasteiger partial charge in [0.2, 0.25) is 0 Å². The van der Waals surface area contributed by atoms with Crippen LogP contribution in [0.5, 0.6) is 5.75 Å². The standard InChI is InChI=1S/C11H13FN2O2/c1-14(2)11(15)10-9(12)5-8(6-13-10)16-7-3-4-7/h5-7H,3-4H2,1-2H3. The number of nitrogens with zero attached hydrogens (tertiary/aromatic N) is 2. The second-order valence-electron chi connectivity index (χ2n) is 4.02. The number of hydrogen-bond donors (Lipinski definition) is 0. The molecule has 0 unspecified atom stereocenters. The highest BCUT2D eigenvalue weighted by Crippen LogP contribution is 2.26. The second kappa shape index (κ2) is 4.08. The molecule has 16 heavy (non-hydrogen) atoms. The molecule has 2 rings (SSSR count). The van der Waals surface area contributed by atoms with Crippen LogP contribution in [0.3, 0.4) is 0 Å². The number of amides is 1. The molecule has 1 aromatic rings. The Morgan fingerprint density at radius 1 is 1.56 bits per heavy atom. The maximum atomic E-state index is 13.5. The number of carbonyl (C=O) groups excluding carboxylic acids is 1. The molecule has 0 N–H and O–H groups in total. The molecule has 0 radical (unpaired) electrons. The number of rotatable bonds is 3. The highest BCUT2D eigenvalue weighted by molar-refractivity contribution is 5.92. The van der Waals surface area contributed by atoms with Crippen LogP contribution in [-0.4, -0.2) is 36.0 Å². The van der Waals surface area contributed by atoms with E-state index in [-0.39, 0.29) is 11.8 Å². The Balaban J connectivity index is 2.18. The number of carbonyl (C=O) groups is 1. The van der Waals surface area contributed by atoms with E-state index < -0.39 is 11.7 Å². The Labute approximate surface area is 93.0 Å². The maximum Gasteiger partial charge on any atom is 0.274 e. The van der Waals surface area contributed by atoms with Crippen LogP contribution >= 0.6 is 0 Å². The highest BCUT2D eigenvalue weighted by Gasteiger charge is 2.24. The number of pyridine rings is 1. The van der Waals surface area contributed by atoms with E-state index in [4.69, 9.17) is 4.74 Å². The summed E-state index contributed by atoms with van der Waals surface area (Å²) in [5.74, 6) is -0.706. The van der Waals surface area contributed by atoms with Crippen LogP contribution in [0.4, 0.5) is 4.39 Å². The normalized spacial score (nSPS) is 14.7. The van der Waals surface area contributed by atoms with Crippen molar-refractivity contribution in [3.05, 3.63) is 23.8 Å². The van der Waals surface area contributed by atoms with Crippen LogP contribution in [0, 0.1) is 5.82 Å². The fourth-order valence-electron chi connectivity index (χ4n) is 1.23. The van der Waals surface area contributed by atoms with Crippen LogP contribution in [0.2, 0.25) is 0 Å². The molecule has 0 aromatic carbocycles. The van der Waals surface area contributed by atoms with E-state index in [9.17, 15) is 9.18 Å². The molecule has 1 heterocycles. The Morgan fingerprint density at radius 3 is 2.75 bits per heavy atom. The van der Waals surface area contributed by atoms with Gasteiger partial charge in [-0.1, -0.05) is 0 Å². The van der Waals surface area contributed by atoms with Crippen LogP contribution in [0.1, 0.15) is 23.3 Å². The van der Waals surface area contributed by atoms with Crippen molar-refractivity contribution in [1.82, 2.24) is 9.88 Å². The van der Waals surface area contributed by atoms with Gasteiger partial charge in [-0.15, -0.1) is 0 Å². The average molecular weight is 224 g/mol. The Bertz CT molecular complexity index is 416. The second-order valence-corrected chi connectivity index (χ2v) is 4.02. The molecule has 1 aliphatic rings. The monoisotopic (exact) mass is 224 g/mol. The fourth-order valence-corrected chi connectivity index (χ4v) is 1.23. The van der Waals surface area contributed by atoms with Gasteiger partial charge >= 0.3 is 0 Å². The molecule has 1 fully saturated rings. The Kier molecular flexibility index (Phi) is 2.77. The van der Waals surface area contributed by atoms with E-state index in [2.05, 4.69) is 4.98 Å². The van der Waals surface area contributed by atoms with Crippen LogP contribution in [0.15, 0.2) is 12.3 Å². The first-order chi connectivity index (χ1) is 7.58. The third-order valence-corrected chi connectivity index (χ3v) is 2.25. The molecule has 86 valence electrons. The number of halogens is 1. The number of hydrogen-bond acceptors (Lipinski definition) is 3. The fraction of sp³-hybridized carbons (Fsp3) is 0.455. The highest BCUT2D eigenvalue weighted by atomic mass is 19.1. The number of ether oxygens (including phenoxy) is 1. The Hall–Kier alpha value is -1.65. The first-order valence-corrected chi connectivity index (χ1v) is 5.12. The van der Waals surface area contributed by atoms with Gasteiger partial charge in [-0.05, 0) is 12.8 Å². The lowest BCUT2D eigenvalue weighted by atomic mass is 10.3. The van der Waals surface area contributed by atoms with E-state index >= 15 is 0 Å². The molecular formula is C11H13FN2O2.